The molecule has 0 bridgehead atoms. The zero-order valence-electron chi connectivity index (χ0n) is 34.8. The van der Waals surface area contributed by atoms with Crippen LogP contribution < -0.4 is 0 Å². The standard InChI is InChI=1S/C55H38O2S6/c1-5-33-12-20-37(21-13-33)55(36-18-10-32(4)11-19-36)41-27-45(43-25-23-39(29-57)59-43)61-49(41)51-47(55)53-52(63-51)46-50(62-53)48-40(26-44(60-48)42-24-22-38(28-56)58-42)54(46,34-14-6-30(2)7-15-34)35-16-8-31(3)9-17-35/h6-29H,5H2,1-4H3. The fourth-order valence-electron chi connectivity index (χ4n) is 10.2. The van der Waals surface area contributed by atoms with Crippen LogP contribution in [0.4, 0.5) is 0 Å². The summed E-state index contributed by atoms with van der Waals surface area (Å²) in [7, 11) is 0. The van der Waals surface area contributed by atoms with Crippen LogP contribution in [0.3, 0.4) is 0 Å². The SMILES string of the molecule is CCc1ccc(C2(c3ccc(C)cc3)c3cc(-c4ccc(C=O)s4)sc3-c3sc4c5c(sc4c32)-c2sc(-c3ccc(C=O)s3)cc2C5(c2ccc(C)cc2)c2ccc(C)cc2)cc1. The Morgan fingerprint density at radius 2 is 0.778 bits per heavy atom. The van der Waals surface area contributed by atoms with Crippen molar-refractivity contribution in [2.45, 2.75) is 44.9 Å². The Morgan fingerprint density at radius 3 is 1.11 bits per heavy atom. The Labute approximate surface area is 390 Å². The number of carbonyl (C=O) groups is 2. The molecule has 0 saturated heterocycles. The number of fused-ring (bicyclic) bond motifs is 9. The van der Waals surface area contributed by atoms with Gasteiger partial charge in [0, 0.05) is 30.6 Å². The first-order valence-electron chi connectivity index (χ1n) is 21.1. The molecule has 10 aromatic rings. The molecule has 0 saturated carbocycles. The van der Waals surface area contributed by atoms with Crippen molar-refractivity contribution in [3.05, 3.63) is 210 Å². The van der Waals surface area contributed by atoms with E-state index >= 15 is 0 Å². The molecule has 8 heteroatoms. The zero-order chi connectivity index (χ0) is 42.8. The fraction of sp³-hybridized carbons (Fsp3) is 0.127. The Morgan fingerprint density at radius 1 is 0.413 bits per heavy atom. The second-order valence-electron chi connectivity index (χ2n) is 16.8. The van der Waals surface area contributed by atoms with Crippen LogP contribution in [0.25, 0.3) is 48.4 Å². The first-order chi connectivity index (χ1) is 30.8. The summed E-state index contributed by atoms with van der Waals surface area (Å²) in [4.78, 5) is 35.3. The molecule has 2 aliphatic carbocycles. The molecule has 0 amide bonds. The molecule has 0 aliphatic heterocycles. The van der Waals surface area contributed by atoms with Crippen LogP contribution in [0.2, 0.25) is 0 Å². The van der Waals surface area contributed by atoms with E-state index in [1.807, 2.05) is 57.5 Å². The van der Waals surface area contributed by atoms with Crippen LogP contribution in [0, 0.1) is 20.8 Å². The highest BCUT2D eigenvalue weighted by atomic mass is 32.1. The van der Waals surface area contributed by atoms with Gasteiger partial charge in [-0.2, -0.15) is 0 Å². The van der Waals surface area contributed by atoms with Gasteiger partial charge in [-0.15, -0.1) is 68.0 Å². The van der Waals surface area contributed by atoms with Gasteiger partial charge < -0.3 is 0 Å². The largest absolute Gasteiger partial charge is 0.297 e. The molecule has 1 unspecified atom stereocenters. The van der Waals surface area contributed by atoms with E-state index in [1.54, 1.807) is 22.7 Å². The van der Waals surface area contributed by atoms with Crippen molar-refractivity contribution in [1.82, 2.24) is 0 Å². The number of aryl methyl sites for hydroxylation is 4. The highest BCUT2D eigenvalue weighted by molar-refractivity contribution is 7.35. The molecule has 306 valence electrons. The quantitative estimate of drug-likeness (QED) is 0.135. The summed E-state index contributed by atoms with van der Waals surface area (Å²) >= 11 is 10.8. The van der Waals surface area contributed by atoms with Gasteiger partial charge >= 0.3 is 0 Å². The molecule has 1 atom stereocenters. The molecule has 2 aliphatic rings. The van der Waals surface area contributed by atoms with E-state index in [-0.39, 0.29) is 0 Å². The molecule has 0 radical (unpaired) electrons. The molecule has 6 aromatic heterocycles. The first-order valence-corrected chi connectivity index (χ1v) is 26.0. The van der Waals surface area contributed by atoms with Crippen molar-refractivity contribution in [1.29, 1.82) is 0 Å². The number of rotatable bonds is 9. The number of thiophene rings is 6. The summed E-state index contributed by atoms with van der Waals surface area (Å²) in [6.07, 6.45) is 2.90. The van der Waals surface area contributed by atoms with E-state index in [0.717, 1.165) is 38.5 Å². The Kier molecular flexibility index (Phi) is 9.11. The topological polar surface area (TPSA) is 34.1 Å². The molecule has 6 heterocycles. The van der Waals surface area contributed by atoms with Crippen LogP contribution in [-0.4, -0.2) is 12.6 Å². The van der Waals surface area contributed by atoms with Gasteiger partial charge in [-0.1, -0.05) is 121 Å². The lowest BCUT2D eigenvalue weighted by atomic mass is 9.67. The van der Waals surface area contributed by atoms with Gasteiger partial charge in [0.05, 0.1) is 49.5 Å². The van der Waals surface area contributed by atoms with E-state index in [4.69, 9.17) is 0 Å². The Hall–Kier alpha value is -5.32. The summed E-state index contributed by atoms with van der Waals surface area (Å²) in [5.74, 6) is 0. The maximum atomic E-state index is 11.9. The molecular formula is C55H38O2S6. The van der Waals surface area contributed by atoms with Gasteiger partial charge in [0.15, 0.2) is 12.6 Å². The summed E-state index contributed by atoms with van der Waals surface area (Å²) in [6.45, 7) is 8.74. The maximum absolute atomic E-state index is 11.9. The average Bonchev–Trinajstić information content (AvgIpc) is 4.17. The number of aldehydes is 2. The van der Waals surface area contributed by atoms with Gasteiger partial charge in [0.1, 0.15) is 0 Å². The van der Waals surface area contributed by atoms with E-state index in [1.165, 1.54) is 105 Å². The van der Waals surface area contributed by atoms with Crippen LogP contribution in [0.5, 0.6) is 0 Å². The summed E-state index contributed by atoms with van der Waals surface area (Å²) < 4.78 is 2.71. The molecule has 0 N–H and O–H groups in total. The number of benzene rings is 4. The van der Waals surface area contributed by atoms with Crippen LogP contribution >= 0.6 is 68.0 Å². The second kappa shape index (κ2) is 14.6. The lowest BCUT2D eigenvalue weighted by Gasteiger charge is -2.34. The summed E-state index contributed by atoms with van der Waals surface area (Å²) in [5.41, 5.74) is 14.3. The van der Waals surface area contributed by atoms with Crippen molar-refractivity contribution in [3.63, 3.8) is 0 Å². The Balaban J connectivity index is 1.22. The van der Waals surface area contributed by atoms with E-state index < -0.39 is 10.8 Å². The van der Waals surface area contributed by atoms with Crippen LogP contribution in [0.15, 0.2) is 133 Å². The molecule has 2 nitrogen and oxygen atoms in total. The molecule has 4 aromatic carbocycles. The van der Waals surface area contributed by atoms with Crippen LogP contribution in [0.1, 0.15) is 93.0 Å². The molecular weight excluding hydrogens is 885 g/mol. The third-order valence-electron chi connectivity index (χ3n) is 13.2. The van der Waals surface area contributed by atoms with Gasteiger partial charge in [-0.05, 0) is 103 Å². The molecule has 12 rings (SSSR count). The predicted molar refractivity (Wildman–Crippen MR) is 271 cm³/mol. The zero-order valence-corrected chi connectivity index (χ0v) is 39.7. The smallest absolute Gasteiger partial charge is 0.160 e. The van der Waals surface area contributed by atoms with Crippen molar-refractivity contribution < 1.29 is 9.59 Å². The lowest BCUT2D eigenvalue weighted by Crippen LogP contribution is -2.28. The van der Waals surface area contributed by atoms with Crippen molar-refractivity contribution in [2.75, 3.05) is 0 Å². The van der Waals surface area contributed by atoms with E-state index in [2.05, 4.69) is 149 Å². The third-order valence-corrected chi connectivity index (χ3v) is 20.7. The highest BCUT2D eigenvalue weighted by Gasteiger charge is 2.55. The fourth-order valence-corrected chi connectivity index (χ4v) is 17.8. The van der Waals surface area contributed by atoms with Gasteiger partial charge in [0.25, 0.3) is 0 Å². The highest BCUT2D eigenvalue weighted by Crippen LogP contribution is 2.70. The minimum Gasteiger partial charge on any atom is -0.297 e. The molecule has 63 heavy (non-hydrogen) atoms. The number of carbonyl (C=O) groups excluding carboxylic acids is 2. The number of hydrogen-bond acceptors (Lipinski definition) is 8. The van der Waals surface area contributed by atoms with Crippen molar-refractivity contribution in [3.8, 4) is 39.0 Å². The van der Waals surface area contributed by atoms with Gasteiger partial charge in [-0.25, -0.2) is 0 Å². The molecule has 0 fully saturated rings. The number of hydrogen-bond donors (Lipinski definition) is 0. The van der Waals surface area contributed by atoms with Crippen molar-refractivity contribution >= 4 is 90.0 Å². The summed E-state index contributed by atoms with van der Waals surface area (Å²) in [6, 6.07) is 50.2. The van der Waals surface area contributed by atoms with Crippen molar-refractivity contribution in [2.24, 2.45) is 0 Å². The second-order valence-corrected chi connectivity index (χ2v) is 23.1. The lowest BCUT2D eigenvalue weighted by molar-refractivity contribution is 0.111. The van der Waals surface area contributed by atoms with Gasteiger partial charge in [0.2, 0.25) is 0 Å². The maximum Gasteiger partial charge on any atom is 0.160 e. The average molecular weight is 923 g/mol. The Bertz CT molecular complexity index is 3390. The monoisotopic (exact) mass is 922 g/mol. The normalized spacial score (nSPS) is 15.7. The minimum absolute atomic E-state index is 0.580. The van der Waals surface area contributed by atoms with Crippen LogP contribution in [-0.2, 0) is 17.3 Å². The minimum atomic E-state index is -0.580. The van der Waals surface area contributed by atoms with Gasteiger partial charge in [-0.3, -0.25) is 9.59 Å². The first kappa shape index (κ1) is 39.3. The van der Waals surface area contributed by atoms with E-state index in [0.29, 0.717) is 0 Å². The predicted octanol–water partition coefficient (Wildman–Crippen LogP) is 16.4. The third kappa shape index (κ3) is 5.55. The van der Waals surface area contributed by atoms with E-state index in [9.17, 15) is 9.59 Å². The molecule has 0 spiro atoms. The summed E-state index contributed by atoms with van der Waals surface area (Å²) in [5, 5.41) is 0.